The first-order valence-electron chi connectivity index (χ1n) is 4.10. The van der Waals surface area contributed by atoms with Gasteiger partial charge in [0.05, 0.1) is 13.2 Å². The number of hydrogen-bond donors (Lipinski definition) is 0. The third kappa shape index (κ3) is 2.89. The maximum absolute atomic E-state index is 10.9. The lowest BCUT2D eigenvalue weighted by atomic mass is 10.3. The average Bonchev–Trinajstić information content (AvgIpc) is 2.40. The highest BCUT2D eigenvalue weighted by Gasteiger charge is 2.18. The van der Waals surface area contributed by atoms with Crippen molar-refractivity contribution in [3.63, 3.8) is 0 Å². The molecule has 1 heterocycles. The van der Waals surface area contributed by atoms with Crippen molar-refractivity contribution in [2.45, 2.75) is 32.3 Å². The Hall–Kier alpha value is -0.570. The molecule has 0 aromatic heterocycles. The summed E-state index contributed by atoms with van der Waals surface area (Å²) in [4.78, 5) is 10.9. The molecule has 0 bridgehead atoms. The first-order valence-corrected chi connectivity index (χ1v) is 4.10. The van der Waals surface area contributed by atoms with E-state index in [0.717, 1.165) is 19.4 Å². The molecule has 3 heteroatoms. The molecule has 1 aliphatic heterocycles. The van der Waals surface area contributed by atoms with Crippen LogP contribution in [-0.4, -0.2) is 25.3 Å². The van der Waals surface area contributed by atoms with E-state index in [1.165, 1.54) is 0 Å². The van der Waals surface area contributed by atoms with Crippen molar-refractivity contribution in [2.24, 2.45) is 0 Å². The Balaban J connectivity index is 2.13. The van der Waals surface area contributed by atoms with Crippen LogP contribution in [0.1, 0.15) is 26.2 Å². The minimum absolute atomic E-state index is 0.0223. The van der Waals surface area contributed by atoms with Crippen molar-refractivity contribution in [3.05, 3.63) is 0 Å². The standard InChI is InChI=1S/C8H14O3/c1-2-3-8(9)11-7-4-5-10-6-7/h7H,2-6H2,1H3/t7-/m1/s1. The number of carbonyl (C=O) groups excluding carboxylic acids is 1. The first kappa shape index (κ1) is 8.53. The molecule has 0 N–H and O–H groups in total. The second-order valence-electron chi connectivity index (χ2n) is 2.73. The lowest BCUT2D eigenvalue weighted by molar-refractivity contribution is -0.149. The van der Waals surface area contributed by atoms with E-state index in [1.807, 2.05) is 6.92 Å². The van der Waals surface area contributed by atoms with E-state index in [2.05, 4.69) is 0 Å². The Labute approximate surface area is 66.7 Å². The van der Waals surface area contributed by atoms with Crippen LogP contribution in [0.4, 0.5) is 0 Å². The fourth-order valence-corrected chi connectivity index (χ4v) is 1.05. The molecule has 0 aliphatic carbocycles. The summed E-state index contributed by atoms with van der Waals surface area (Å²) in [6.45, 7) is 3.27. The molecule has 1 rings (SSSR count). The molecule has 0 unspecified atom stereocenters. The normalized spacial score (nSPS) is 23.5. The highest BCUT2D eigenvalue weighted by atomic mass is 16.6. The molecule has 64 valence electrons. The van der Waals surface area contributed by atoms with Gasteiger partial charge in [0, 0.05) is 12.8 Å². The van der Waals surface area contributed by atoms with Crippen LogP contribution in [0.15, 0.2) is 0 Å². The van der Waals surface area contributed by atoms with Crippen molar-refractivity contribution >= 4 is 5.97 Å². The van der Waals surface area contributed by atoms with E-state index in [1.54, 1.807) is 0 Å². The summed E-state index contributed by atoms with van der Waals surface area (Å²) in [5.74, 6) is -0.0944. The second kappa shape index (κ2) is 4.34. The van der Waals surface area contributed by atoms with Gasteiger partial charge in [-0.1, -0.05) is 6.92 Å². The first-order chi connectivity index (χ1) is 5.33. The van der Waals surface area contributed by atoms with E-state index < -0.39 is 0 Å². The topological polar surface area (TPSA) is 35.5 Å². The largest absolute Gasteiger partial charge is 0.460 e. The monoisotopic (exact) mass is 158 g/mol. The Morgan fingerprint density at radius 2 is 2.55 bits per heavy atom. The SMILES string of the molecule is CCCC(=O)O[C@@H]1CCOC1. The lowest BCUT2D eigenvalue weighted by Gasteiger charge is -2.08. The third-order valence-electron chi connectivity index (χ3n) is 1.64. The maximum atomic E-state index is 10.9. The number of rotatable bonds is 3. The van der Waals surface area contributed by atoms with Gasteiger partial charge in [0.25, 0.3) is 0 Å². The number of hydrogen-bond acceptors (Lipinski definition) is 3. The van der Waals surface area contributed by atoms with Crippen molar-refractivity contribution in [1.29, 1.82) is 0 Å². The van der Waals surface area contributed by atoms with Gasteiger partial charge in [0.1, 0.15) is 6.10 Å². The van der Waals surface area contributed by atoms with Gasteiger partial charge in [-0.05, 0) is 6.42 Å². The van der Waals surface area contributed by atoms with Crippen molar-refractivity contribution in [2.75, 3.05) is 13.2 Å². The average molecular weight is 158 g/mol. The highest BCUT2D eigenvalue weighted by molar-refractivity contribution is 5.69. The van der Waals surface area contributed by atoms with Gasteiger partial charge in [-0.15, -0.1) is 0 Å². The molecule has 0 radical (unpaired) electrons. The number of esters is 1. The van der Waals surface area contributed by atoms with Gasteiger partial charge in [0.2, 0.25) is 0 Å². The van der Waals surface area contributed by atoms with Crippen LogP contribution in [0.5, 0.6) is 0 Å². The molecule has 1 aliphatic rings. The quantitative estimate of drug-likeness (QED) is 0.577. The minimum atomic E-state index is -0.0944. The summed E-state index contributed by atoms with van der Waals surface area (Å²) >= 11 is 0. The Kier molecular flexibility index (Phi) is 3.36. The van der Waals surface area contributed by atoms with Gasteiger partial charge in [-0.3, -0.25) is 4.79 Å². The third-order valence-corrected chi connectivity index (χ3v) is 1.64. The Morgan fingerprint density at radius 3 is 3.09 bits per heavy atom. The van der Waals surface area contributed by atoms with E-state index in [9.17, 15) is 4.79 Å². The van der Waals surface area contributed by atoms with Crippen LogP contribution >= 0.6 is 0 Å². The Morgan fingerprint density at radius 1 is 1.73 bits per heavy atom. The zero-order valence-corrected chi connectivity index (χ0v) is 6.84. The van der Waals surface area contributed by atoms with Gasteiger partial charge < -0.3 is 9.47 Å². The predicted octanol–water partition coefficient (Wildman–Crippen LogP) is 1.12. The zero-order chi connectivity index (χ0) is 8.10. The zero-order valence-electron chi connectivity index (χ0n) is 6.84. The van der Waals surface area contributed by atoms with Crippen LogP contribution in [0.3, 0.4) is 0 Å². The van der Waals surface area contributed by atoms with Gasteiger partial charge in [-0.2, -0.15) is 0 Å². The maximum Gasteiger partial charge on any atom is 0.306 e. The summed E-state index contributed by atoms with van der Waals surface area (Å²) in [7, 11) is 0. The highest BCUT2D eigenvalue weighted by Crippen LogP contribution is 2.09. The van der Waals surface area contributed by atoms with Gasteiger partial charge in [0.15, 0.2) is 0 Å². The van der Waals surface area contributed by atoms with Gasteiger partial charge in [-0.25, -0.2) is 0 Å². The number of carbonyl (C=O) groups is 1. The molecule has 3 nitrogen and oxygen atoms in total. The summed E-state index contributed by atoms with van der Waals surface area (Å²) in [5.41, 5.74) is 0. The van der Waals surface area contributed by atoms with Crippen LogP contribution in [0.2, 0.25) is 0 Å². The predicted molar refractivity (Wildman–Crippen MR) is 40.2 cm³/mol. The smallest absolute Gasteiger partial charge is 0.306 e. The van der Waals surface area contributed by atoms with Crippen molar-refractivity contribution < 1.29 is 14.3 Å². The summed E-state index contributed by atoms with van der Waals surface area (Å²) in [6.07, 6.45) is 2.26. The van der Waals surface area contributed by atoms with Crippen LogP contribution in [0, 0.1) is 0 Å². The summed E-state index contributed by atoms with van der Waals surface area (Å²) in [6, 6.07) is 0. The van der Waals surface area contributed by atoms with Crippen molar-refractivity contribution in [3.8, 4) is 0 Å². The molecule has 1 atom stereocenters. The molecular formula is C8H14O3. The summed E-state index contributed by atoms with van der Waals surface area (Å²) < 4.78 is 10.1. The second-order valence-corrected chi connectivity index (χ2v) is 2.73. The molecule has 1 fully saturated rings. The van der Waals surface area contributed by atoms with Crippen LogP contribution in [-0.2, 0) is 14.3 Å². The molecule has 0 aromatic carbocycles. The molecule has 1 saturated heterocycles. The Bertz CT molecular complexity index is 127. The lowest BCUT2D eigenvalue weighted by Crippen LogP contribution is -2.17. The molecule has 0 aromatic rings. The molecule has 0 spiro atoms. The number of ether oxygens (including phenoxy) is 2. The fraction of sp³-hybridized carbons (Fsp3) is 0.875. The molecular weight excluding hydrogens is 144 g/mol. The molecule has 11 heavy (non-hydrogen) atoms. The fourth-order valence-electron chi connectivity index (χ4n) is 1.05. The van der Waals surface area contributed by atoms with E-state index in [0.29, 0.717) is 13.0 Å². The summed E-state index contributed by atoms with van der Waals surface area (Å²) in [5, 5.41) is 0. The van der Waals surface area contributed by atoms with E-state index in [-0.39, 0.29) is 12.1 Å². The van der Waals surface area contributed by atoms with Gasteiger partial charge >= 0.3 is 5.97 Å². The molecule has 0 amide bonds. The molecule has 0 saturated carbocycles. The van der Waals surface area contributed by atoms with Crippen molar-refractivity contribution in [1.82, 2.24) is 0 Å². The minimum Gasteiger partial charge on any atom is -0.460 e. The van der Waals surface area contributed by atoms with E-state index >= 15 is 0 Å². The van der Waals surface area contributed by atoms with Crippen LogP contribution < -0.4 is 0 Å². The van der Waals surface area contributed by atoms with E-state index in [4.69, 9.17) is 9.47 Å². The van der Waals surface area contributed by atoms with Crippen LogP contribution in [0.25, 0.3) is 0 Å².